The molecule has 0 aliphatic heterocycles. The van der Waals surface area contributed by atoms with Crippen LogP contribution in [0.5, 0.6) is 11.5 Å². The SMILES string of the molecule is COc1cccc(NC(=O)c2ccc(OC)c(COCc3ccccc3)c2)c1. The molecule has 0 heterocycles. The van der Waals surface area contributed by atoms with Crippen molar-refractivity contribution >= 4 is 11.6 Å². The Labute approximate surface area is 164 Å². The number of methoxy groups -OCH3 is 2. The molecule has 0 saturated heterocycles. The van der Waals surface area contributed by atoms with E-state index in [0.717, 1.165) is 11.1 Å². The first-order valence-electron chi connectivity index (χ1n) is 8.93. The Balaban J connectivity index is 1.69. The first-order valence-corrected chi connectivity index (χ1v) is 8.93. The molecule has 1 amide bonds. The van der Waals surface area contributed by atoms with Gasteiger partial charge in [0.25, 0.3) is 5.91 Å². The summed E-state index contributed by atoms with van der Waals surface area (Å²) in [6, 6.07) is 22.5. The van der Waals surface area contributed by atoms with Crippen molar-refractivity contribution in [1.82, 2.24) is 0 Å². The zero-order valence-corrected chi connectivity index (χ0v) is 16.0. The third-order valence-electron chi connectivity index (χ3n) is 4.24. The molecule has 0 aliphatic carbocycles. The summed E-state index contributed by atoms with van der Waals surface area (Å²) < 4.78 is 16.4. The van der Waals surface area contributed by atoms with Crippen LogP contribution >= 0.6 is 0 Å². The van der Waals surface area contributed by atoms with E-state index in [1.54, 1.807) is 38.5 Å². The molecule has 0 bridgehead atoms. The van der Waals surface area contributed by atoms with Gasteiger partial charge < -0.3 is 19.5 Å². The van der Waals surface area contributed by atoms with Crippen LogP contribution in [-0.4, -0.2) is 20.1 Å². The molecule has 0 atom stereocenters. The van der Waals surface area contributed by atoms with Crippen LogP contribution in [0.4, 0.5) is 5.69 Å². The highest BCUT2D eigenvalue weighted by Crippen LogP contribution is 2.23. The van der Waals surface area contributed by atoms with Crippen LogP contribution in [0, 0.1) is 0 Å². The highest BCUT2D eigenvalue weighted by atomic mass is 16.5. The summed E-state index contributed by atoms with van der Waals surface area (Å²) in [5.74, 6) is 1.16. The number of carbonyl (C=O) groups is 1. The van der Waals surface area contributed by atoms with Gasteiger partial charge in [-0.3, -0.25) is 4.79 Å². The van der Waals surface area contributed by atoms with E-state index < -0.39 is 0 Å². The Morgan fingerprint density at radius 3 is 2.43 bits per heavy atom. The first-order chi connectivity index (χ1) is 13.7. The van der Waals surface area contributed by atoms with Gasteiger partial charge in [-0.05, 0) is 35.9 Å². The largest absolute Gasteiger partial charge is 0.497 e. The smallest absolute Gasteiger partial charge is 0.255 e. The highest BCUT2D eigenvalue weighted by Gasteiger charge is 2.11. The number of hydrogen-bond donors (Lipinski definition) is 1. The number of rotatable bonds is 8. The van der Waals surface area contributed by atoms with Crippen LogP contribution in [0.3, 0.4) is 0 Å². The quantitative estimate of drug-likeness (QED) is 0.620. The zero-order valence-electron chi connectivity index (χ0n) is 16.0. The van der Waals surface area contributed by atoms with Crippen LogP contribution in [0.2, 0.25) is 0 Å². The molecule has 3 aromatic carbocycles. The third-order valence-corrected chi connectivity index (χ3v) is 4.24. The van der Waals surface area contributed by atoms with Crippen molar-refractivity contribution in [3.63, 3.8) is 0 Å². The van der Waals surface area contributed by atoms with Crippen LogP contribution in [0.25, 0.3) is 0 Å². The van der Waals surface area contributed by atoms with Crippen molar-refractivity contribution < 1.29 is 19.0 Å². The summed E-state index contributed by atoms with van der Waals surface area (Å²) in [4.78, 5) is 12.6. The van der Waals surface area contributed by atoms with Crippen molar-refractivity contribution in [2.45, 2.75) is 13.2 Å². The van der Waals surface area contributed by atoms with Gasteiger partial charge >= 0.3 is 0 Å². The van der Waals surface area contributed by atoms with Gasteiger partial charge in [-0.15, -0.1) is 0 Å². The summed E-state index contributed by atoms with van der Waals surface area (Å²) in [5, 5.41) is 2.88. The second-order valence-corrected chi connectivity index (χ2v) is 6.19. The van der Waals surface area contributed by atoms with Gasteiger partial charge in [0, 0.05) is 22.9 Å². The summed E-state index contributed by atoms with van der Waals surface area (Å²) in [6.07, 6.45) is 0. The van der Waals surface area contributed by atoms with E-state index >= 15 is 0 Å². The van der Waals surface area contributed by atoms with Crippen molar-refractivity contribution in [3.8, 4) is 11.5 Å². The Hall–Kier alpha value is -3.31. The van der Waals surface area contributed by atoms with Crippen LogP contribution in [-0.2, 0) is 18.0 Å². The van der Waals surface area contributed by atoms with Crippen LogP contribution in [0.15, 0.2) is 72.8 Å². The Morgan fingerprint density at radius 2 is 1.68 bits per heavy atom. The molecular formula is C23H23NO4. The van der Waals surface area contributed by atoms with Crippen LogP contribution < -0.4 is 14.8 Å². The monoisotopic (exact) mass is 377 g/mol. The predicted octanol–water partition coefficient (Wildman–Crippen LogP) is 4.67. The molecule has 0 fully saturated rings. The fourth-order valence-electron chi connectivity index (χ4n) is 2.79. The van der Waals surface area contributed by atoms with E-state index in [1.165, 1.54) is 0 Å². The summed E-state index contributed by atoms with van der Waals surface area (Å²) in [6.45, 7) is 0.836. The Morgan fingerprint density at radius 1 is 0.857 bits per heavy atom. The van der Waals surface area contributed by atoms with Gasteiger partial charge in [0.05, 0.1) is 27.4 Å². The number of anilines is 1. The molecular weight excluding hydrogens is 354 g/mol. The molecule has 5 nitrogen and oxygen atoms in total. The van der Waals surface area contributed by atoms with Gasteiger partial charge in [-0.2, -0.15) is 0 Å². The maximum absolute atomic E-state index is 12.6. The lowest BCUT2D eigenvalue weighted by Gasteiger charge is -2.12. The molecule has 0 aliphatic rings. The highest BCUT2D eigenvalue weighted by molar-refractivity contribution is 6.04. The molecule has 144 valence electrons. The summed E-state index contributed by atoms with van der Waals surface area (Å²) in [7, 11) is 3.19. The molecule has 0 spiro atoms. The fourth-order valence-corrected chi connectivity index (χ4v) is 2.79. The van der Waals surface area contributed by atoms with Gasteiger partial charge in [-0.25, -0.2) is 0 Å². The normalized spacial score (nSPS) is 10.4. The predicted molar refractivity (Wildman–Crippen MR) is 109 cm³/mol. The number of amides is 1. The maximum atomic E-state index is 12.6. The fraction of sp³-hybridized carbons (Fsp3) is 0.174. The second kappa shape index (κ2) is 9.58. The van der Waals surface area contributed by atoms with E-state index in [4.69, 9.17) is 14.2 Å². The molecule has 3 aromatic rings. The van der Waals surface area contributed by atoms with Crippen molar-refractivity contribution in [2.24, 2.45) is 0 Å². The van der Waals surface area contributed by atoms with E-state index in [2.05, 4.69) is 5.32 Å². The average molecular weight is 377 g/mol. The number of hydrogen-bond acceptors (Lipinski definition) is 4. The molecule has 28 heavy (non-hydrogen) atoms. The van der Waals surface area contributed by atoms with Gasteiger partial charge in [-0.1, -0.05) is 36.4 Å². The lowest BCUT2D eigenvalue weighted by molar-refractivity contribution is 0.102. The zero-order chi connectivity index (χ0) is 19.8. The Kier molecular flexibility index (Phi) is 6.65. The maximum Gasteiger partial charge on any atom is 0.255 e. The summed E-state index contributed by atoms with van der Waals surface area (Å²) >= 11 is 0. The van der Waals surface area contributed by atoms with E-state index in [-0.39, 0.29) is 5.91 Å². The van der Waals surface area contributed by atoms with Gasteiger partial charge in [0.1, 0.15) is 11.5 Å². The molecule has 3 rings (SSSR count). The molecule has 0 saturated carbocycles. The lowest BCUT2D eigenvalue weighted by Crippen LogP contribution is -2.12. The van der Waals surface area contributed by atoms with Crippen molar-refractivity contribution in [1.29, 1.82) is 0 Å². The van der Waals surface area contributed by atoms with Crippen molar-refractivity contribution in [2.75, 3.05) is 19.5 Å². The van der Waals surface area contributed by atoms with Gasteiger partial charge in [0.15, 0.2) is 0 Å². The van der Waals surface area contributed by atoms with E-state index in [0.29, 0.717) is 36.0 Å². The van der Waals surface area contributed by atoms with E-state index in [9.17, 15) is 4.79 Å². The number of ether oxygens (including phenoxy) is 3. The van der Waals surface area contributed by atoms with E-state index in [1.807, 2.05) is 48.5 Å². The minimum atomic E-state index is -0.208. The molecule has 0 aromatic heterocycles. The number of carbonyl (C=O) groups excluding carboxylic acids is 1. The standard InChI is InChI=1S/C23H23NO4/c1-26-21-10-6-9-20(14-21)24-23(25)18-11-12-22(27-2)19(13-18)16-28-15-17-7-4-3-5-8-17/h3-14H,15-16H2,1-2H3,(H,24,25). The third kappa shape index (κ3) is 5.11. The molecule has 0 unspecified atom stereocenters. The van der Waals surface area contributed by atoms with Crippen LogP contribution in [0.1, 0.15) is 21.5 Å². The first kappa shape index (κ1) is 19.5. The lowest BCUT2D eigenvalue weighted by atomic mass is 10.1. The minimum absolute atomic E-state index is 0.208. The molecule has 1 N–H and O–H groups in total. The summed E-state index contributed by atoms with van der Waals surface area (Å²) in [5.41, 5.74) is 3.11. The van der Waals surface area contributed by atoms with Crippen molar-refractivity contribution in [3.05, 3.63) is 89.5 Å². The molecule has 0 radical (unpaired) electrons. The Bertz CT molecular complexity index is 925. The molecule has 5 heteroatoms. The average Bonchev–Trinajstić information content (AvgIpc) is 2.74. The van der Waals surface area contributed by atoms with Gasteiger partial charge in [0.2, 0.25) is 0 Å². The minimum Gasteiger partial charge on any atom is -0.497 e. The number of benzene rings is 3. The second-order valence-electron chi connectivity index (χ2n) is 6.19. The number of nitrogens with one attached hydrogen (secondary N) is 1. The topological polar surface area (TPSA) is 56.8 Å².